The van der Waals surface area contributed by atoms with E-state index in [0.717, 1.165) is 22.5 Å². The molecule has 2 rings (SSSR count). The zero-order valence-corrected chi connectivity index (χ0v) is 12.9. The Labute approximate surface area is 120 Å². The van der Waals surface area contributed by atoms with Gasteiger partial charge in [0.15, 0.2) is 0 Å². The minimum atomic E-state index is 0.895. The van der Waals surface area contributed by atoms with Crippen LogP contribution in [0.1, 0.15) is 12.5 Å². The summed E-state index contributed by atoms with van der Waals surface area (Å²) in [7, 11) is 1.94. The van der Waals surface area contributed by atoms with Gasteiger partial charge < -0.3 is 5.32 Å². The van der Waals surface area contributed by atoms with Gasteiger partial charge in [-0.2, -0.15) is 5.10 Å². The monoisotopic (exact) mass is 325 g/mol. The van der Waals surface area contributed by atoms with Gasteiger partial charge in [-0.15, -0.1) is 0 Å². The van der Waals surface area contributed by atoms with Gasteiger partial charge in [0.25, 0.3) is 0 Å². The minimum Gasteiger partial charge on any atom is -0.313 e. The van der Waals surface area contributed by atoms with Crippen molar-refractivity contribution in [3.05, 3.63) is 40.6 Å². The molecule has 3 nitrogen and oxygen atoms in total. The van der Waals surface area contributed by atoms with Crippen LogP contribution in [0.4, 0.5) is 0 Å². The molecule has 1 N–H and O–H groups in total. The van der Waals surface area contributed by atoms with Crippen LogP contribution in [0.25, 0.3) is 0 Å². The van der Waals surface area contributed by atoms with E-state index in [1.54, 1.807) is 11.8 Å². The van der Waals surface area contributed by atoms with E-state index in [1.807, 2.05) is 24.1 Å². The van der Waals surface area contributed by atoms with Crippen LogP contribution >= 0.6 is 27.7 Å². The quantitative estimate of drug-likeness (QED) is 0.913. The van der Waals surface area contributed by atoms with Crippen molar-refractivity contribution in [1.82, 2.24) is 15.1 Å². The molecule has 5 heteroatoms. The first kappa shape index (κ1) is 13.6. The number of aromatic nitrogens is 2. The molecular formula is C13H16BrN3S. The molecule has 1 aromatic carbocycles. The Bertz CT molecular complexity index is 525. The predicted molar refractivity (Wildman–Crippen MR) is 78.9 cm³/mol. The van der Waals surface area contributed by atoms with Crippen LogP contribution in [0.3, 0.4) is 0 Å². The molecule has 0 bridgehead atoms. The van der Waals surface area contributed by atoms with Crippen molar-refractivity contribution < 1.29 is 0 Å². The van der Waals surface area contributed by atoms with Gasteiger partial charge >= 0.3 is 0 Å². The molecule has 0 unspecified atom stereocenters. The molecule has 0 aliphatic carbocycles. The lowest BCUT2D eigenvalue weighted by Gasteiger charge is -2.09. The molecule has 1 aromatic heterocycles. The lowest BCUT2D eigenvalue weighted by Crippen LogP contribution is -2.12. The van der Waals surface area contributed by atoms with Crippen molar-refractivity contribution in [2.24, 2.45) is 7.05 Å². The molecule has 0 amide bonds. The fraction of sp³-hybridized carbons (Fsp3) is 0.308. The second-order valence-electron chi connectivity index (χ2n) is 3.98. The lowest BCUT2D eigenvalue weighted by atomic mass is 10.2. The minimum absolute atomic E-state index is 0.895. The van der Waals surface area contributed by atoms with Crippen LogP contribution in [0.5, 0.6) is 0 Å². The van der Waals surface area contributed by atoms with E-state index in [1.165, 1.54) is 10.5 Å². The Morgan fingerprint density at radius 3 is 2.94 bits per heavy atom. The number of hydrogen-bond acceptors (Lipinski definition) is 3. The van der Waals surface area contributed by atoms with Gasteiger partial charge in [0, 0.05) is 29.2 Å². The highest BCUT2D eigenvalue weighted by atomic mass is 79.9. The summed E-state index contributed by atoms with van der Waals surface area (Å²) in [4.78, 5) is 2.42. The average molecular weight is 326 g/mol. The van der Waals surface area contributed by atoms with E-state index < -0.39 is 0 Å². The molecule has 0 aliphatic rings. The number of benzene rings is 1. The fourth-order valence-corrected chi connectivity index (χ4v) is 3.14. The maximum Gasteiger partial charge on any atom is 0.0629 e. The number of nitrogens with one attached hydrogen (secondary N) is 1. The van der Waals surface area contributed by atoms with Crippen molar-refractivity contribution in [1.29, 1.82) is 0 Å². The van der Waals surface area contributed by atoms with Crippen LogP contribution in [0.15, 0.2) is 44.9 Å². The number of rotatable bonds is 5. The Morgan fingerprint density at radius 2 is 2.28 bits per heavy atom. The molecule has 18 heavy (non-hydrogen) atoms. The van der Waals surface area contributed by atoms with E-state index in [4.69, 9.17) is 0 Å². The molecule has 96 valence electrons. The van der Waals surface area contributed by atoms with Crippen molar-refractivity contribution in [3.8, 4) is 0 Å². The zero-order chi connectivity index (χ0) is 13.0. The molecule has 0 saturated heterocycles. The smallest absolute Gasteiger partial charge is 0.0629 e. The first-order chi connectivity index (χ1) is 8.69. The number of nitrogens with zero attached hydrogens (tertiary/aromatic N) is 2. The van der Waals surface area contributed by atoms with Crippen molar-refractivity contribution in [2.75, 3.05) is 6.54 Å². The van der Waals surface area contributed by atoms with Crippen LogP contribution in [-0.4, -0.2) is 16.3 Å². The third-order valence-electron chi connectivity index (χ3n) is 2.50. The Morgan fingerprint density at radius 1 is 1.44 bits per heavy atom. The highest BCUT2D eigenvalue weighted by Gasteiger charge is 2.06. The normalized spacial score (nSPS) is 10.8. The summed E-state index contributed by atoms with van der Waals surface area (Å²) in [6.07, 6.45) is 3.92. The van der Waals surface area contributed by atoms with Gasteiger partial charge in [0.2, 0.25) is 0 Å². The highest BCUT2D eigenvalue weighted by Crippen LogP contribution is 2.32. The van der Waals surface area contributed by atoms with Crippen molar-refractivity contribution >= 4 is 27.7 Å². The van der Waals surface area contributed by atoms with Crippen LogP contribution in [-0.2, 0) is 13.6 Å². The molecule has 0 saturated carbocycles. The summed E-state index contributed by atoms with van der Waals surface area (Å²) >= 11 is 5.27. The SMILES string of the molecule is CCNCc1ccc(Br)cc1Sc1cnn(C)c1. The standard InChI is InChI=1S/C13H16BrN3S/c1-3-15-7-10-4-5-11(14)6-13(10)18-12-8-16-17(2)9-12/h4-6,8-9,15H,3,7H2,1-2H3. The fourth-order valence-electron chi connectivity index (χ4n) is 1.61. The largest absolute Gasteiger partial charge is 0.313 e. The third-order valence-corrected chi connectivity index (χ3v) is 4.04. The Kier molecular flexibility index (Phi) is 4.86. The van der Waals surface area contributed by atoms with E-state index in [-0.39, 0.29) is 0 Å². The third kappa shape index (κ3) is 3.60. The second kappa shape index (κ2) is 6.41. The van der Waals surface area contributed by atoms with Crippen LogP contribution < -0.4 is 5.32 Å². The van der Waals surface area contributed by atoms with Gasteiger partial charge in [0.1, 0.15) is 0 Å². The summed E-state index contributed by atoms with van der Waals surface area (Å²) in [6, 6.07) is 6.40. The summed E-state index contributed by atoms with van der Waals surface area (Å²) in [6.45, 7) is 3.99. The van der Waals surface area contributed by atoms with E-state index in [9.17, 15) is 0 Å². The van der Waals surface area contributed by atoms with Gasteiger partial charge in [-0.05, 0) is 24.2 Å². The number of hydrogen-bond donors (Lipinski definition) is 1. The van der Waals surface area contributed by atoms with Gasteiger partial charge in [0.05, 0.1) is 11.1 Å². The average Bonchev–Trinajstić information content (AvgIpc) is 2.74. The Balaban J connectivity index is 2.21. The van der Waals surface area contributed by atoms with Gasteiger partial charge in [-0.3, -0.25) is 4.68 Å². The topological polar surface area (TPSA) is 29.9 Å². The molecular weight excluding hydrogens is 310 g/mol. The van der Waals surface area contributed by atoms with E-state index >= 15 is 0 Å². The first-order valence-electron chi connectivity index (χ1n) is 5.84. The Hall–Kier alpha value is -0.780. The predicted octanol–water partition coefficient (Wildman–Crippen LogP) is 3.44. The van der Waals surface area contributed by atoms with Gasteiger partial charge in [-0.1, -0.05) is 40.7 Å². The number of halogens is 1. The van der Waals surface area contributed by atoms with Gasteiger partial charge in [-0.25, -0.2) is 0 Å². The van der Waals surface area contributed by atoms with Crippen LogP contribution in [0.2, 0.25) is 0 Å². The first-order valence-corrected chi connectivity index (χ1v) is 7.45. The summed E-state index contributed by atoms with van der Waals surface area (Å²) < 4.78 is 2.93. The van der Waals surface area contributed by atoms with E-state index in [0.29, 0.717) is 0 Å². The maximum absolute atomic E-state index is 4.20. The lowest BCUT2D eigenvalue weighted by molar-refractivity contribution is 0.718. The van der Waals surface area contributed by atoms with Crippen molar-refractivity contribution in [2.45, 2.75) is 23.3 Å². The zero-order valence-electron chi connectivity index (χ0n) is 10.5. The molecule has 0 spiro atoms. The molecule has 1 heterocycles. The molecule has 0 atom stereocenters. The maximum atomic E-state index is 4.20. The summed E-state index contributed by atoms with van der Waals surface area (Å²) in [5.74, 6) is 0. The molecule has 0 fully saturated rings. The summed E-state index contributed by atoms with van der Waals surface area (Å²) in [5.41, 5.74) is 1.31. The molecule has 0 aliphatic heterocycles. The van der Waals surface area contributed by atoms with Crippen LogP contribution in [0, 0.1) is 0 Å². The number of aryl methyl sites for hydroxylation is 1. The molecule has 2 aromatic rings. The van der Waals surface area contributed by atoms with E-state index in [2.05, 4.69) is 51.5 Å². The van der Waals surface area contributed by atoms with Crippen molar-refractivity contribution in [3.63, 3.8) is 0 Å². The second-order valence-corrected chi connectivity index (χ2v) is 6.02. The summed E-state index contributed by atoms with van der Waals surface area (Å²) in [5, 5.41) is 7.56. The highest BCUT2D eigenvalue weighted by molar-refractivity contribution is 9.10. The molecule has 0 radical (unpaired) electrons.